The molecule has 2 rings (SSSR count). The van der Waals surface area contributed by atoms with E-state index >= 15 is 0 Å². The standard InChI is InChI=1S/C13H23N3OS/c1-3-10(2)18-9-12-15-13(17-16-12)5-4-11-6-7-14-8-11/h10-11,14H,3-9H2,1-2H3. The Morgan fingerprint density at radius 3 is 3.17 bits per heavy atom. The van der Waals surface area contributed by atoms with Gasteiger partial charge >= 0.3 is 0 Å². The maximum absolute atomic E-state index is 5.30. The van der Waals surface area contributed by atoms with Crippen LogP contribution in [-0.4, -0.2) is 28.5 Å². The second-order valence-corrected chi connectivity index (χ2v) is 6.46. The van der Waals surface area contributed by atoms with Crippen molar-refractivity contribution in [1.82, 2.24) is 15.5 Å². The van der Waals surface area contributed by atoms with Crippen LogP contribution >= 0.6 is 11.8 Å². The number of aryl methyl sites for hydroxylation is 1. The topological polar surface area (TPSA) is 51.0 Å². The summed E-state index contributed by atoms with van der Waals surface area (Å²) < 4.78 is 5.30. The van der Waals surface area contributed by atoms with Crippen LogP contribution in [0.5, 0.6) is 0 Å². The molecule has 0 radical (unpaired) electrons. The van der Waals surface area contributed by atoms with E-state index in [9.17, 15) is 0 Å². The van der Waals surface area contributed by atoms with Crippen molar-refractivity contribution in [2.75, 3.05) is 13.1 Å². The van der Waals surface area contributed by atoms with E-state index in [4.69, 9.17) is 4.52 Å². The highest BCUT2D eigenvalue weighted by Crippen LogP contribution is 2.19. The molecule has 0 amide bonds. The van der Waals surface area contributed by atoms with Gasteiger partial charge in [-0.1, -0.05) is 19.0 Å². The van der Waals surface area contributed by atoms with Gasteiger partial charge in [0.1, 0.15) is 0 Å². The maximum atomic E-state index is 5.30. The molecule has 0 saturated carbocycles. The number of hydrogen-bond donors (Lipinski definition) is 1. The summed E-state index contributed by atoms with van der Waals surface area (Å²) in [7, 11) is 0. The molecule has 0 aliphatic carbocycles. The van der Waals surface area contributed by atoms with Crippen LogP contribution < -0.4 is 5.32 Å². The molecule has 18 heavy (non-hydrogen) atoms. The molecule has 2 unspecified atom stereocenters. The highest BCUT2D eigenvalue weighted by molar-refractivity contribution is 7.99. The summed E-state index contributed by atoms with van der Waals surface area (Å²) in [5.41, 5.74) is 0. The Kier molecular flexibility index (Phi) is 5.50. The first-order chi connectivity index (χ1) is 8.78. The minimum atomic E-state index is 0.663. The quantitative estimate of drug-likeness (QED) is 0.824. The highest BCUT2D eigenvalue weighted by atomic mass is 32.2. The first-order valence-electron chi connectivity index (χ1n) is 6.91. The first kappa shape index (κ1) is 13.9. The molecule has 4 nitrogen and oxygen atoms in total. The Morgan fingerprint density at radius 1 is 1.56 bits per heavy atom. The lowest BCUT2D eigenvalue weighted by molar-refractivity contribution is 0.361. The minimum Gasteiger partial charge on any atom is -0.339 e. The van der Waals surface area contributed by atoms with Gasteiger partial charge in [0, 0.05) is 11.7 Å². The van der Waals surface area contributed by atoms with Crippen molar-refractivity contribution in [2.24, 2.45) is 5.92 Å². The molecule has 2 atom stereocenters. The minimum absolute atomic E-state index is 0.663. The predicted octanol–water partition coefficient (Wildman–Crippen LogP) is 2.64. The number of thioether (sulfide) groups is 1. The van der Waals surface area contributed by atoms with E-state index in [1.54, 1.807) is 0 Å². The SMILES string of the molecule is CCC(C)SCc1noc(CCC2CCNC2)n1. The number of aromatic nitrogens is 2. The molecular weight excluding hydrogens is 246 g/mol. The average molecular weight is 269 g/mol. The zero-order valence-electron chi connectivity index (χ0n) is 11.3. The van der Waals surface area contributed by atoms with Gasteiger partial charge in [0.15, 0.2) is 5.82 Å². The molecule has 1 aliphatic heterocycles. The summed E-state index contributed by atoms with van der Waals surface area (Å²) in [6, 6.07) is 0. The van der Waals surface area contributed by atoms with Crippen molar-refractivity contribution in [3.8, 4) is 0 Å². The van der Waals surface area contributed by atoms with E-state index in [0.29, 0.717) is 5.25 Å². The molecule has 1 aromatic heterocycles. The van der Waals surface area contributed by atoms with E-state index in [-0.39, 0.29) is 0 Å². The van der Waals surface area contributed by atoms with E-state index in [2.05, 4.69) is 29.3 Å². The highest BCUT2D eigenvalue weighted by Gasteiger charge is 2.16. The largest absolute Gasteiger partial charge is 0.339 e. The van der Waals surface area contributed by atoms with Crippen molar-refractivity contribution >= 4 is 11.8 Å². The molecule has 0 bridgehead atoms. The number of rotatable bonds is 7. The molecule has 5 heteroatoms. The molecule has 1 aliphatic rings. The van der Waals surface area contributed by atoms with E-state index < -0.39 is 0 Å². The smallest absolute Gasteiger partial charge is 0.226 e. The molecule has 0 aromatic carbocycles. The monoisotopic (exact) mass is 269 g/mol. The second-order valence-electron chi connectivity index (χ2n) is 5.03. The third-order valence-electron chi connectivity index (χ3n) is 3.51. The Bertz CT molecular complexity index is 350. The van der Waals surface area contributed by atoms with E-state index in [1.165, 1.54) is 12.8 Å². The third kappa shape index (κ3) is 4.28. The molecule has 1 aromatic rings. The van der Waals surface area contributed by atoms with Crippen LogP contribution in [0.25, 0.3) is 0 Å². The van der Waals surface area contributed by atoms with Gasteiger partial charge in [-0.3, -0.25) is 0 Å². The molecule has 2 heterocycles. The third-order valence-corrected chi connectivity index (χ3v) is 4.84. The first-order valence-corrected chi connectivity index (χ1v) is 7.96. The van der Waals surface area contributed by atoms with Crippen LogP contribution in [0.1, 0.15) is 44.8 Å². The van der Waals surface area contributed by atoms with Crippen LogP contribution in [0, 0.1) is 5.92 Å². The normalized spacial score (nSPS) is 21.3. The van der Waals surface area contributed by atoms with Crippen LogP contribution in [-0.2, 0) is 12.2 Å². The van der Waals surface area contributed by atoms with E-state index in [1.807, 2.05) is 11.8 Å². The zero-order chi connectivity index (χ0) is 12.8. The summed E-state index contributed by atoms with van der Waals surface area (Å²) in [6.45, 7) is 6.74. The lowest BCUT2D eigenvalue weighted by atomic mass is 10.0. The van der Waals surface area contributed by atoms with Gasteiger partial charge in [0.2, 0.25) is 5.89 Å². The summed E-state index contributed by atoms with van der Waals surface area (Å²) in [5, 5.41) is 8.09. The van der Waals surface area contributed by atoms with Gasteiger partial charge in [-0.25, -0.2) is 0 Å². The van der Waals surface area contributed by atoms with Crippen molar-refractivity contribution in [1.29, 1.82) is 0 Å². The van der Waals surface area contributed by atoms with Gasteiger partial charge in [-0.15, -0.1) is 0 Å². The number of nitrogens with one attached hydrogen (secondary N) is 1. The lowest BCUT2D eigenvalue weighted by Crippen LogP contribution is -2.09. The number of hydrogen-bond acceptors (Lipinski definition) is 5. The Balaban J connectivity index is 1.71. The molecule has 102 valence electrons. The molecular formula is C13H23N3OS. The van der Waals surface area contributed by atoms with Crippen molar-refractivity contribution < 1.29 is 4.52 Å². The summed E-state index contributed by atoms with van der Waals surface area (Å²) in [5.74, 6) is 3.31. The Morgan fingerprint density at radius 2 is 2.44 bits per heavy atom. The van der Waals surface area contributed by atoms with Gasteiger partial charge in [-0.05, 0) is 38.3 Å². The molecule has 0 spiro atoms. The van der Waals surface area contributed by atoms with Crippen molar-refractivity contribution in [2.45, 2.75) is 50.5 Å². The van der Waals surface area contributed by atoms with Gasteiger partial charge in [0.25, 0.3) is 0 Å². The summed E-state index contributed by atoms with van der Waals surface area (Å²) >= 11 is 1.89. The summed E-state index contributed by atoms with van der Waals surface area (Å²) in [6.07, 6.45) is 4.55. The van der Waals surface area contributed by atoms with Crippen LogP contribution in [0.2, 0.25) is 0 Å². The number of nitrogens with zero attached hydrogens (tertiary/aromatic N) is 2. The zero-order valence-corrected chi connectivity index (χ0v) is 12.1. The molecule has 1 N–H and O–H groups in total. The van der Waals surface area contributed by atoms with Crippen LogP contribution in [0.4, 0.5) is 0 Å². The lowest BCUT2D eigenvalue weighted by Gasteiger charge is -2.04. The van der Waals surface area contributed by atoms with Gasteiger partial charge < -0.3 is 9.84 Å². The van der Waals surface area contributed by atoms with Crippen LogP contribution in [0.3, 0.4) is 0 Å². The fourth-order valence-electron chi connectivity index (χ4n) is 2.07. The van der Waals surface area contributed by atoms with E-state index in [0.717, 1.165) is 49.3 Å². The Labute approximate surface area is 113 Å². The van der Waals surface area contributed by atoms with Crippen LogP contribution in [0.15, 0.2) is 4.52 Å². The fourth-order valence-corrected chi connectivity index (χ4v) is 2.86. The predicted molar refractivity (Wildman–Crippen MR) is 74.6 cm³/mol. The molecule has 1 fully saturated rings. The second kappa shape index (κ2) is 7.14. The molecule has 1 saturated heterocycles. The van der Waals surface area contributed by atoms with Crippen molar-refractivity contribution in [3.63, 3.8) is 0 Å². The van der Waals surface area contributed by atoms with Crippen molar-refractivity contribution in [3.05, 3.63) is 11.7 Å². The average Bonchev–Trinajstić information content (AvgIpc) is 3.04. The van der Waals surface area contributed by atoms with Gasteiger partial charge in [-0.2, -0.15) is 16.7 Å². The fraction of sp³-hybridized carbons (Fsp3) is 0.846. The van der Waals surface area contributed by atoms with Gasteiger partial charge in [0.05, 0.1) is 5.75 Å². The Hall–Kier alpha value is -0.550. The maximum Gasteiger partial charge on any atom is 0.226 e. The summed E-state index contributed by atoms with van der Waals surface area (Å²) in [4.78, 5) is 4.46.